The third-order valence-corrected chi connectivity index (χ3v) is 4.31. The molecule has 1 aliphatic rings. The number of carbonyl (C=O) groups is 1. The van der Waals surface area contributed by atoms with Crippen molar-refractivity contribution in [3.63, 3.8) is 0 Å². The first-order chi connectivity index (χ1) is 9.50. The lowest BCUT2D eigenvalue weighted by atomic mass is 10.1. The summed E-state index contributed by atoms with van der Waals surface area (Å²) < 4.78 is 1.85. The zero-order chi connectivity index (χ0) is 14.7. The topological polar surface area (TPSA) is 63.1 Å². The van der Waals surface area contributed by atoms with Crippen molar-refractivity contribution in [2.45, 2.75) is 45.7 Å². The average Bonchev–Trinajstić information content (AvgIpc) is 2.95. The minimum Gasteiger partial charge on any atom is -0.337 e. The fraction of sp³-hybridized carbons (Fsp3) is 0.786. The highest BCUT2D eigenvalue weighted by Gasteiger charge is 2.24. The first-order valence-corrected chi connectivity index (χ1v) is 7.40. The molecule has 0 bridgehead atoms. The average molecular weight is 279 g/mol. The smallest absolute Gasteiger partial charge is 0.276 e. The second-order valence-electron chi connectivity index (χ2n) is 5.97. The van der Waals surface area contributed by atoms with Crippen molar-refractivity contribution in [2.24, 2.45) is 5.92 Å². The minimum absolute atomic E-state index is 0.0496. The highest BCUT2D eigenvalue weighted by atomic mass is 16.2. The maximum atomic E-state index is 12.4. The van der Waals surface area contributed by atoms with Crippen LogP contribution >= 0.6 is 0 Å². The number of nitrogens with zero attached hydrogens (tertiary/aromatic N) is 4. The van der Waals surface area contributed by atoms with Crippen molar-refractivity contribution < 1.29 is 4.79 Å². The van der Waals surface area contributed by atoms with Crippen LogP contribution in [0.3, 0.4) is 0 Å². The lowest BCUT2D eigenvalue weighted by Crippen LogP contribution is -2.38. The van der Waals surface area contributed by atoms with Crippen LogP contribution in [0.1, 0.15) is 50.1 Å². The molecular formula is C14H25N5O. The van der Waals surface area contributed by atoms with Gasteiger partial charge in [0, 0.05) is 13.1 Å². The number of amides is 1. The van der Waals surface area contributed by atoms with Gasteiger partial charge in [0.25, 0.3) is 5.91 Å². The molecule has 1 aromatic heterocycles. The quantitative estimate of drug-likeness (QED) is 0.903. The van der Waals surface area contributed by atoms with Gasteiger partial charge in [0.2, 0.25) is 0 Å². The highest BCUT2D eigenvalue weighted by molar-refractivity contribution is 5.91. The maximum Gasteiger partial charge on any atom is 0.276 e. The van der Waals surface area contributed by atoms with Crippen molar-refractivity contribution in [2.75, 3.05) is 20.1 Å². The third-order valence-electron chi connectivity index (χ3n) is 4.31. The van der Waals surface area contributed by atoms with E-state index in [1.807, 2.05) is 11.7 Å². The molecule has 1 amide bonds. The lowest BCUT2D eigenvalue weighted by molar-refractivity contribution is 0.0701. The molecule has 1 atom stereocenters. The number of nitrogens with one attached hydrogen (secondary N) is 1. The Balaban J connectivity index is 2.06. The van der Waals surface area contributed by atoms with Crippen LogP contribution < -0.4 is 5.32 Å². The van der Waals surface area contributed by atoms with Gasteiger partial charge in [-0.15, -0.1) is 5.10 Å². The maximum absolute atomic E-state index is 12.4. The standard InChI is InChI=1S/C14H25N5O/c1-10(2)11(3)18(4)14(20)13-9-19(17-16-13)12-5-7-15-8-6-12/h9-12,15H,5-8H2,1-4H3. The molecule has 2 heterocycles. The third kappa shape index (κ3) is 3.17. The molecule has 0 saturated carbocycles. The normalized spacial score (nSPS) is 18.2. The van der Waals surface area contributed by atoms with E-state index in [2.05, 4.69) is 36.4 Å². The number of carbonyl (C=O) groups excluding carboxylic acids is 1. The predicted octanol–water partition coefficient (Wildman–Crippen LogP) is 1.32. The monoisotopic (exact) mass is 279 g/mol. The molecular weight excluding hydrogens is 254 g/mol. The van der Waals surface area contributed by atoms with E-state index in [-0.39, 0.29) is 11.9 Å². The number of hydrogen-bond acceptors (Lipinski definition) is 4. The Morgan fingerprint density at radius 2 is 2.05 bits per heavy atom. The molecule has 0 aliphatic carbocycles. The number of rotatable bonds is 4. The molecule has 20 heavy (non-hydrogen) atoms. The summed E-state index contributed by atoms with van der Waals surface area (Å²) in [6.45, 7) is 8.27. The first kappa shape index (κ1) is 15.0. The molecule has 1 fully saturated rings. The van der Waals surface area contributed by atoms with Gasteiger partial charge in [-0.3, -0.25) is 4.79 Å². The minimum atomic E-state index is -0.0496. The van der Waals surface area contributed by atoms with Gasteiger partial charge in [-0.1, -0.05) is 19.1 Å². The molecule has 1 saturated heterocycles. The summed E-state index contributed by atoms with van der Waals surface area (Å²) >= 11 is 0. The molecule has 112 valence electrons. The van der Waals surface area contributed by atoms with Gasteiger partial charge >= 0.3 is 0 Å². The molecule has 1 N–H and O–H groups in total. The molecule has 0 aromatic carbocycles. The molecule has 0 radical (unpaired) electrons. The summed E-state index contributed by atoms with van der Waals surface area (Å²) in [5.41, 5.74) is 0.443. The lowest BCUT2D eigenvalue weighted by Gasteiger charge is -2.27. The number of hydrogen-bond donors (Lipinski definition) is 1. The van der Waals surface area contributed by atoms with Gasteiger partial charge in [-0.25, -0.2) is 4.68 Å². The molecule has 2 rings (SSSR count). The van der Waals surface area contributed by atoms with Crippen LogP contribution in [0.2, 0.25) is 0 Å². The van der Waals surface area contributed by atoms with E-state index < -0.39 is 0 Å². The van der Waals surface area contributed by atoms with E-state index in [0.717, 1.165) is 25.9 Å². The highest BCUT2D eigenvalue weighted by Crippen LogP contribution is 2.18. The first-order valence-electron chi connectivity index (χ1n) is 7.40. The Morgan fingerprint density at radius 3 is 2.65 bits per heavy atom. The fourth-order valence-corrected chi connectivity index (χ4v) is 2.44. The van der Waals surface area contributed by atoms with E-state index in [4.69, 9.17) is 0 Å². The predicted molar refractivity (Wildman–Crippen MR) is 77.6 cm³/mol. The van der Waals surface area contributed by atoms with E-state index in [0.29, 0.717) is 17.7 Å². The summed E-state index contributed by atoms with van der Waals surface area (Å²) in [7, 11) is 1.83. The van der Waals surface area contributed by atoms with E-state index in [1.54, 1.807) is 11.1 Å². The molecule has 6 heteroatoms. The Hall–Kier alpha value is -1.43. The number of aromatic nitrogens is 3. The molecule has 0 spiro atoms. The van der Waals surface area contributed by atoms with Crippen LogP contribution in [0.4, 0.5) is 0 Å². The number of piperidine rings is 1. The Bertz CT molecular complexity index is 450. The van der Waals surface area contributed by atoms with Crippen molar-refractivity contribution in [1.29, 1.82) is 0 Å². The van der Waals surface area contributed by atoms with Crippen molar-refractivity contribution in [3.8, 4) is 0 Å². The fourth-order valence-electron chi connectivity index (χ4n) is 2.44. The van der Waals surface area contributed by atoms with Gasteiger partial charge in [-0.05, 0) is 38.8 Å². The Labute approximate surface area is 120 Å². The van der Waals surface area contributed by atoms with Gasteiger partial charge in [0.1, 0.15) is 0 Å². The van der Waals surface area contributed by atoms with E-state index >= 15 is 0 Å². The largest absolute Gasteiger partial charge is 0.337 e. The summed E-state index contributed by atoms with van der Waals surface area (Å²) in [4.78, 5) is 14.1. The van der Waals surface area contributed by atoms with Crippen molar-refractivity contribution in [1.82, 2.24) is 25.2 Å². The molecule has 1 unspecified atom stereocenters. The Morgan fingerprint density at radius 1 is 1.40 bits per heavy atom. The summed E-state index contributed by atoms with van der Waals surface area (Å²) in [5, 5.41) is 11.5. The zero-order valence-electron chi connectivity index (χ0n) is 12.8. The molecule has 1 aromatic rings. The summed E-state index contributed by atoms with van der Waals surface area (Å²) in [5.74, 6) is 0.370. The van der Waals surface area contributed by atoms with Crippen LogP contribution in [-0.2, 0) is 0 Å². The zero-order valence-corrected chi connectivity index (χ0v) is 12.8. The SMILES string of the molecule is CC(C)C(C)N(C)C(=O)c1cn(C2CCNCC2)nn1. The van der Waals surface area contributed by atoms with Crippen LogP contribution in [-0.4, -0.2) is 52.0 Å². The van der Waals surface area contributed by atoms with Gasteiger partial charge in [0.05, 0.1) is 12.2 Å². The second-order valence-corrected chi connectivity index (χ2v) is 5.97. The van der Waals surface area contributed by atoms with Crippen LogP contribution in [0, 0.1) is 5.92 Å². The van der Waals surface area contributed by atoms with Crippen LogP contribution in [0.25, 0.3) is 0 Å². The van der Waals surface area contributed by atoms with E-state index in [1.165, 1.54) is 0 Å². The summed E-state index contributed by atoms with van der Waals surface area (Å²) in [6.07, 6.45) is 3.87. The van der Waals surface area contributed by atoms with Crippen molar-refractivity contribution >= 4 is 5.91 Å². The Kier molecular flexibility index (Phi) is 4.75. The van der Waals surface area contributed by atoms with E-state index in [9.17, 15) is 4.79 Å². The van der Waals surface area contributed by atoms with Gasteiger partial charge in [-0.2, -0.15) is 0 Å². The summed E-state index contributed by atoms with van der Waals surface area (Å²) in [6, 6.07) is 0.546. The van der Waals surface area contributed by atoms with Crippen molar-refractivity contribution in [3.05, 3.63) is 11.9 Å². The second kappa shape index (κ2) is 6.35. The molecule has 1 aliphatic heterocycles. The van der Waals surface area contributed by atoms with Crippen LogP contribution in [0.15, 0.2) is 6.20 Å². The molecule has 6 nitrogen and oxygen atoms in total. The van der Waals surface area contributed by atoms with Gasteiger partial charge in [0.15, 0.2) is 5.69 Å². The van der Waals surface area contributed by atoms with Crippen LogP contribution in [0.5, 0.6) is 0 Å². The van der Waals surface area contributed by atoms with Gasteiger partial charge < -0.3 is 10.2 Å².